The van der Waals surface area contributed by atoms with Gasteiger partial charge in [-0.3, -0.25) is 0 Å². The molecule has 0 aliphatic carbocycles. The lowest BCUT2D eigenvalue weighted by Gasteiger charge is -2.17. The SMILES string of the molecule is CCCCCCCCCC(OC(=O)c1ccco1)OC(=O)c1ccco1. The molecule has 0 atom stereocenters. The number of esters is 2. The minimum absolute atomic E-state index is 0.0728. The van der Waals surface area contributed by atoms with Crippen molar-refractivity contribution in [1.29, 1.82) is 0 Å². The van der Waals surface area contributed by atoms with E-state index in [1.165, 1.54) is 50.3 Å². The molecular formula is C20H26O6. The molecule has 6 nitrogen and oxygen atoms in total. The monoisotopic (exact) mass is 362 g/mol. The van der Waals surface area contributed by atoms with Gasteiger partial charge in [-0.25, -0.2) is 9.59 Å². The lowest BCUT2D eigenvalue weighted by atomic mass is 10.1. The largest absolute Gasteiger partial charge is 0.457 e. The third-order valence-electron chi connectivity index (χ3n) is 3.97. The maximum atomic E-state index is 12.1. The predicted octanol–water partition coefficient (Wildman–Crippen LogP) is 5.35. The fraction of sp³-hybridized carbons (Fsp3) is 0.500. The molecule has 0 aliphatic heterocycles. The second-order valence-electron chi connectivity index (χ2n) is 6.10. The first kappa shape index (κ1) is 19.8. The Morgan fingerprint density at radius 2 is 1.35 bits per heavy atom. The van der Waals surface area contributed by atoms with Crippen molar-refractivity contribution in [3.8, 4) is 0 Å². The summed E-state index contributed by atoms with van der Waals surface area (Å²) in [6, 6.07) is 6.19. The summed E-state index contributed by atoms with van der Waals surface area (Å²) in [5.41, 5.74) is 0. The minimum atomic E-state index is -0.971. The molecule has 2 heterocycles. The molecule has 2 aromatic rings. The van der Waals surface area contributed by atoms with Gasteiger partial charge in [0.2, 0.25) is 17.8 Å². The van der Waals surface area contributed by atoms with Crippen molar-refractivity contribution >= 4 is 11.9 Å². The highest BCUT2D eigenvalue weighted by Crippen LogP contribution is 2.16. The second kappa shape index (κ2) is 11.2. The number of hydrogen-bond donors (Lipinski definition) is 0. The van der Waals surface area contributed by atoms with Crippen LogP contribution in [0.4, 0.5) is 0 Å². The molecule has 2 rings (SSSR count). The molecule has 0 N–H and O–H groups in total. The average molecular weight is 362 g/mol. The predicted molar refractivity (Wildman–Crippen MR) is 94.6 cm³/mol. The highest BCUT2D eigenvalue weighted by molar-refractivity contribution is 5.87. The number of carbonyl (C=O) groups excluding carboxylic acids is 2. The first-order chi connectivity index (χ1) is 12.7. The van der Waals surface area contributed by atoms with Gasteiger partial charge >= 0.3 is 11.9 Å². The van der Waals surface area contributed by atoms with Gasteiger partial charge < -0.3 is 18.3 Å². The molecule has 2 aromatic heterocycles. The molecule has 6 heteroatoms. The van der Waals surface area contributed by atoms with E-state index in [9.17, 15) is 9.59 Å². The summed E-state index contributed by atoms with van der Waals surface area (Å²) >= 11 is 0. The summed E-state index contributed by atoms with van der Waals surface area (Å²) in [7, 11) is 0. The second-order valence-corrected chi connectivity index (χ2v) is 6.10. The van der Waals surface area contributed by atoms with Gasteiger partial charge in [-0.15, -0.1) is 0 Å². The van der Waals surface area contributed by atoms with Crippen LogP contribution in [0.1, 0.15) is 79.4 Å². The number of carbonyl (C=O) groups is 2. The summed E-state index contributed by atoms with van der Waals surface area (Å²) in [6.07, 6.45) is 10.0. The van der Waals surface area contributed by atoms with E-state index in [0.717, 1.165) is 19.3 Å². The van der Waals surface area contributed by atoms with Crippen molar-refractivity contribution in [2.24, 2.45) is 0 Å². The van der Waals surface area contributed by atoms with E-state index in [0.29, 0.717) is 6.42 Å². The maximum Gasteiger partial charge on any atom is 0.377 e. The van der Waals surface area contributed by atoms with Gasteiger partial charge in [0.25, 0.3) is 0 Å². The molecule has 0 unspecified atom stereocenters. The Balaban J connectivity index is 1.82. The van der Waals surface area contributed by atoms with Crippen molar-refractivity contribution in [1.82, 2.24) is 0 Å². The average Bonchev–Trinajstić information content (AvgIpc) is 3.34. The van der Waals surface area contributed by atoms with Crippen LogP contribution in [0, 0.1) is 0 Å². The summed E-state index contributed by atoms with van der Waals surface area (Å²) in [5.74, 6) is -1.17. The van der Waals surface area contributed by atoms with Gasteiger partial charge in [-0.05, 0) is 30.7 Å². The minimum Gasteiger partial charge on any atom is -0.457 e. The molecular weight excluding hydrogens is 336 g/mol. The molecule has 0 radical (unpaired) electrons. The van der Waals surface area contributed by atoms with E-state index in [1.54, 1.807) is 12.1 Å². The summed E-state index contributed by atoms with van der Waals surface area (Å²) < 4.78 is 20.6. The van der Waals surface area contributed by atoms with Crippen molar-refractivity contribution in [3.63, 3.8) is 0 Å². The van der Waals surface area contributed by atoms with E-state index < -0.39 is 18.2 Å². The van der Waals surface area contributed by atoms with Crippen molar-refractivity contribution in [3.05, 3.63) is 48.3 Å². The molecule has 0 amide bonds. The van der Waals surface area contributed by atoms with Gasteiger partial charge in [0.15, 0.2) is 0 Å². The van der Waals surface area contributed by atoms with E-state index in [2.05, 4.69) is 6.92 Å². The first-order valence-electron chi connectivity index (χ1n) is 9.19. The maximum absolute atomic E-state index is 12.1. The van der Waals surface area contributed by atoms with Crippen LogP contribution in [0.3, 0.4) is 0 Å². The van der Waals surface area contributed by atoms with Crippen LogP contribution in [0.25, 0.3) is 0 Å². The standard InChI is InChI=1S/C20H26O6/c1-2-3-4-5-6-7-8-13-18(25-19(21)16-11-9-14-23-16)26-20(22)17-12-10-15-24-17/h9-12,14-15,18H,2-8,13H2,1H3. The Hall–Kier alpha value is -2.50. The highest BCUT2D eigenvalue weighted by atomic mass is 16.7. The Kier molecular flexibility index (Phi) is 8.52. The number of furan rings is 2. The molecule has 0 saturated carbocycles. The van der Waals surface area contributed by atoms with Gasteiger partial charge in [0, 0.05) is 6.42 Å². The Morgan fingerprint density at radius 3 is 1.81 bits per heavy atom. The summed E-state index contributed by atoms with van der Waals surface area (Å²) in [6.45, 7) is 2.19. The number of unbranched alkanes of at least 4 members (excludes halogenated alkanes) is 6. The van der Waals surface area contributed by atoms with Crippen LogP contribution in [0.15, 0.2) is 45.6 Å². The van der Waals surface area contributed by atoms with Crippen LogP contribution in [-0.4, -0.2) is 18.2 Å². The lowest BCUT2D eigenvalue weighted by molar-refractivity contribution is -0.0864. The zero-order valence-corrected chi connectivity index (χ0v) is 15.1. The van der Waals surface area contributed by atoms with Crippen molar-refractivity contribution < 1.29 is 27.9 Å². The van der Waals surface area contributed by atoms with Gasteiger partial charge in [0.1, 0.15) is 0 Å². The molecule has 0 bridgehead atoms. The van der Waals surface area contributed by atoms with Crippen LogP contribution in [0.2, 0.25) is 0 Å². The van der Waals surface area contributed by atoms with Crippen LogP contribution in [0.5, 0.6) is 0 Å². The highest BCUT2D eigenvalue weighted by Gasteiger charge is 2.23. The van der Waals surface area contributed by atoms with Crippen LogP contribution in [-0.2, 0) is 9.47 Å². The topological polar surface area (TPSA) is 78.9 Å². The normalized spacial score (nSPS) is 10.8. The van der Waals surface area contributed by atoms with E-state index in [-0.39, 0.29) is 11.5 Å². The number of ether oxygens (including phenoxy) is 2. The molecule has 0 saturated heterocycles. The zero-order chi connectivity index (χ0) is 18.6. The van der Waals surface area contributed by atoms with Gasteiger partial charge in [0.05, 0.1) is 12.5 Å². The van der Waals surface area contributed by atoms with Crippen LogP contribution < -0.4 is 0 Å². The fourth-order valence-corrected chi connectivity index (χ4v) is 2.55. The van der Waals surface area contributed by atoms with Gasteiger partial charge in [-0.1, -0.05) is 45.4 Å². The smallest absolute Gasteiger partial charge is 0.377 e. The quantitative estimate of drug-likeness (QED) is 0.287. The third-order valence-corrected chi connectivity index (χ3v) is 3.97. The lowest BCUT2D eigenvalue weighted by Crippen LogP contribution is -2.24. The Bertz CT molecular complexity index is 581. The van der Waals surface area contributed by atoms with E-state index in [1.807, 2.05) is 0 Å². The molecule has 0 aromatic carbocycles. The van der Waals surface area contributed by atoms with E-state index in [4.69, 9.17) is 18.3 Å². The van der Waals surface area contributed by atoms with Crippen molar-refractivity contribution in [2.75, 3.05) is 0 Å². The summed E-state index contributed by atoms with van der Waals surface area (Å²) in [4.78, 5) is 24.1. The van der Waals surface area contributed by atoms with Gasteiger partial charge in [-0.2, -0.15) is 0 Å². The third kappa shape index (κ3) is 6.78. The molecule has 26 heavy (non-hydrogen) atoms. The number of rotatable bonds is 12. The zero-order valence-electron chi connectivity index (χ0n) is 15.1. The Morgan fingerprint density at radius 1 is 0.846 bits per heavy atom. The molecule has 0 spiro atoms. The molecule has 0 aliphatic rings. The molecule has 0 fully saturated rings. The van der Waals surface area contributed by atoms with E-state index >= 15 is 0 Å². The first-order valence-corrected chi connectivity index (χ1v) is 9.19. The summed E-state index contributed by atoms with van der Waals surface area (Å²) in [5, 5.41) is 0. The van der Waals surface area contributed by atoms with Crippen molar-refractivity contribution in [2.45, 2.75) is 64.6 Å². The fourth-order valence-electron chi connectivity index (χ4n) is 2.55. The Labute approximate surface area is 153 Å². The number of hydrogen-bond acceptors (Lipinski definition) is 6. The van der Waals surface area contributed by atoms with Crippen LogP contribution >= 0.6 is 0 Å². The molecule has 142 valence electrons.